The zero-order chi connectivity index (χ0) is 33.7. The molecular formula is C37H36F3N3O4. The highest BCUT2D eigenvalue weighted by atomic mass is 19.4. The van der Waals surface area contributed by atoms with Crippen molar-refractivity contribution in [3.05, 3.63) is 107 Å². The van der Waals surface area contributed by atoms with Crippen LogP contribution in [0.4, 0.5) is 13.2 Å². The Balaban J connectivity index is 1.67. The minimum Gasteiger partial charge on any atom is -0.496 e. The standard InChI is InChI=1S/C37H36F3N3O4/c1-4-5-6-31(25-11-13-26(14-12-25)36(46)41-20-19-34(44)45)43-32-21-27(24-9-7-23(2)8-10-24)15-17-29(32)35(42-43)30-22-28(37(38,39)40)16-18-33(30)47-3/h7-18,21-22,31H,4-6,19-20H2,1-3H3,(H,41,46)(H,44,45). The van der Waals surface area contributed by atoms with Crippen LogP contribution in [0.25, 0.3) is 33.3 Å². The summed E-state index contributed by atoms with van der Waals surface area (Å²) < 4.78 is 49.0. The highest BCUT2D eigenvalue weighted by Gasteiger charge is 2.32. The number of nitrogens with one attached hydrogen (secondary N) is 1. The number of hydrogen-bond donors (Lipinski definition) is 2. The van der Waals surface area contributed by atoms with E-state index in [0.717, 1.165) is 52.7 Å². The van der Waals surface area contributed by atoms with Gasteiger partial charge in [-0.25, -0.2) is 0 Å². The molecule has 1 unspecified atom stereocenters. The summed E-state index contributed by atoms with van der Waals surface area (Å²) in [7, 11) is 1.42. The van der Waals surface area contributed by atoms with E-state index in [0.29, 0.717) is 23.1 Å². The second kappa shape index (κ2) is 14.1. The van der Waals surface area contributed by atoms with Gasteiger partial charge >= 0.3 is 12.1 Å². The fraction of sp³-hybridized carbons (Fsp3) is 0.270. The van der Waals surface area contributed by atoms with E-state index < -0.39 is 17.7 Å². The van der Waals surface area contributed by atoms with Crippen molar-refractivity contribution in [2.75, 3.05) is 13.7 Å². The molecule has 0 bridgehead atoms. The number of halogens is 3. The summed E-state index contributed by atoms with van der Waals surface area (Å²) in [5.74, 6) is -1.11. The van der Waals surface area contributed by atoms with Crippen LogP contribution in [-0.2, 0) is 11.0 Å². The molecule has 2 N–H and O–H groups in total. The van der Waals surface area contributed by atoms with E-state index in [9.17, 15) is 22.8 Å². The minimum atomic E-state index is -4.55. The largest absolute Gasteiger partial charge is 0.496 e. The number of amides is 1. The van der Waals surface area contributed by atoms with Crippen molar-refractivity contribution in [2.45, 2.75) is 51.7 Å². The number of ether oxygens (including phenoxy) is 1. The molecule has 0 radical (unpaired) electrons. The molecule has 0 aliphatic rings. The number of carboxylic acid groups (broad SMARTS) is 1. The zero-order valence-electron chi connectivity index (χ0n) is 26.4. The molecule has 4 aromatic carbocycles. The smallest absolute Gasteiger partial charge is 0.416 e. The Morgan fingerprint density at radius 3 is 2.30 bits per heavy atom. The van der Waals surface area contributed by atoms with Crippen LogP contribution in [0.1, 0.15) is 65.7 Å². The van der Waals surface area contributed by atoms with Crippen LogP contribution in [0.15, 0.2) is 84.9 Å². The summed E-state index contributed by atoms with van der Waals surface area (Å²) in [6.45, 7) is 4.11. The molecule has 1 heterocycles. The van der Waals surface area contributed by atoms with E-state index in [-0.39, 0.29) is 36.2 Å². The van der Waals surface area contributed by atoms with Crippen molar-refractivity contribution in [3.63, 3.8) is 0 Å². The summed E-state index contributed by atoms with van der Waals surface area (Å²) in [6, 6.07) is 24.1. The Bertz CT molecular complexity index is 1880. The minimum absolute atomic E-state index is 0.0133. The number of unbranched alkanes of at least 4 members (excludes halogenated alkanes) is 1. The fourth-order valence-corrected chi connectivity index (χ4v) is 5.64. The Morgan fingerprint density at radius 1 is 0.957 bits per heavy atom. The lowest BCUT2D eigenvalue weighted by Crippen LogP contribution is -2.26. The van der Waals surface area contributed by atoms with Gasteiger partial charge in [-0.1, -0.05) is 67.8 Å². The molecule has 47 heavy (non-hydrogen) atoms. The first-order valence-corrected chi connectivity index (χ1v) is 15.4. The summed E-state index contributed by atoms with van der Waals surface area (Å²) >= 11 is 0. The number of aryl methyl sites for hydroxylation is 1. The van der Waals surface area contributed by atoms with Crippen molar-refractivity contribution in [2.24, 2.45) is 0 Å². The van der Waals surface area contributed by atoms with E-state index in [4.69, 9.17) is 14.9 Å². The maximum Gasteiger partial charge on any atom is 0.416 e. The molecule has 5 aromatic rings. The van der Waals surface area contributed by atoms with Crippen molar-refractivity contribution < 1.29 is 32.6 Å². The number of aliphatic carboxylic acids is 1. The molecule has 1 amide bonds. The van der Waals surface area contributed by atoms with Crippen LogP contribution in [0.3, 0.4) is 0 Å². The SMILES string of the molecule is CCCCC(c1ccc(C(=O)NCCC(=O)O)cc1)n1nc(-c2cc(C(F)(F)F)ccc2OC)c2ccc(-c3ccc(C)cc3)cc21. The predicted octanol–water partition coefficient (Wildman–Crippen LogP) is 8.69. The van der Waals surface area contributed by atoms with E-state index in [2.05, 4.69) is 12.2 Å². The Labute approximate surface area is 271 Å². The van der Waals surface area contributed by atoms with Gasteiger partial charge in [0.05, 0.1) is 30.7 Å². The lowest BCUT2D eigenvalue weighted by molar-refractivity contribution is -0.138. The van der Waals surface area contributed by atoms with Crippen LogP contribution in [0.2, 0.25) is 0 Å². The second-order valence-electron chi connectivity index (χ2n) is 11.5. The number of nitrogens with zero attached hydrogens (tertiary/aromatic N) is 2. The molecule has 0 aliphatic carbocycles. The Morgan fingerprint density at radius 2 is 1.66 bits per heavy atom. The molecule has 0 saturated carbocycles. The van der Waals surface area contributed by atoms with Gasteiger partial charge in [0.2, 0.25) is 0 Å². The highest BCUT2D eigenvalue weighted by Crippen LogP contribution is 2.41. The number of carbonyl (C=O) groups is 2. The van der Waals surface area contributed by atoms with Gasteiger partial charge in [-0.05, 0) is 72.5 Å². The lowest BCUT2D eigenvalue weighted by atomic mass is 9.98. The van der Waals surface area contributed by atoms with Crippen molar-refractivity contribution in [1.82, 2.24) is 15.1 Å². The first-order valence-electron chi connectivity index (χ1n) is 15.4. The van der Waals surface area contributed by atoms with E-state index >= 15 is 0 Å². The molecule has 0 aliphatic heterocycles. The number of rotatable bonds is 12. The van der Waals surface area contributed by atoms with Crippen LogP contribution >= 0.6 is 0 Å². The first-order chi connectivity index (χ1) is 22.5. The molecular weight excluding hydrogens is 607 g/mol. The number of fused-ring (bicyclic) bond motifs is 1. The summed E-state index contributed by atoms with van der Waals surface area (Å²) in [5.41, 5.74) is 4.85. The fourth-order valence-electron chi connectivity index (χ4n) is 5.64. The third-order valence-corrected chi connectivity index (χ3v) is 8.18. The van der Waals surface area contributed by atoms with Crippen LogP contribution in [0, 0.1) is 6.92 Å². The maximum absolute atomic E-state index is 13.9. The van der Waals surface area contributed by atoms with E-state index in [1.165, 1.54) is 13.2 Å². The van der Waals surface area contributed by atoms with Gasteiger partial charge in [-0.15, -0.1) is 0 Å². The molecule has 10 heteroatoms. The van der Waals surface area contributed by atoms with Gasteiger partial charge in [-0.2, -0.15) is 18.3 Å². The van der Waals surface area contributed by atoms with Gasteiger partial charge in [0.15, 0.2) is 0 Å². The quantitative estimate of drug-likeness (QED) is 0.142. The Kier molecular flexibility index (Phi) is 9.98. The molecule has 1 atom stereocenters. The van der Waals surface area contributed by atoms with Crippen LogP contribution in [0.5, 0.6) is 5.75 Å². The van der Waals surface area contributed by atoms with E-state index in [1.54, 1.807) is 12.1 Å². The van der Waals surface area contributed by atoms with E-state index in [1.807, 2.05) is 66.2 Å². The number of alkyl halides is 3. The van der Waals surface area contributed by atoms with Crippen molar-refractivity contribution in [3.8, 4) is 28.1 Å². The molecule has 7 nitrogen and oxygen atoms in total. The topological polar surface area (TPSA) is 93.5 Å². The van der Waals surface area contributed by atoms with Gasteiger partial charge in [0.25, 0.3) is 5.91 Å². The summed E-state index contributed by atoms with van der Waals surface area (Å²) in [4.78, 5) is 23.5. The number of benzene rings is 4. The molecule has 244 valence electrons. The molecule has 0 fully saturated rings. The van der Waals surface area contributed by atoms with Crippen LogP contribution in [-0.4, -0.2) is 40.4 Å². The highest BCUT2D eigenvalue weighted by molar-refractivity contribution is 5.97. The van der Waals surface area contributed by atoms with Crippen LogP contribution < -0.4 is 10.1 Å². The number of aromatic nitrogens is 2. The number of hydrogen-bond acceptors (Lipinski definition) is 4. The van der Waals surface area contributed by atoms with Gasteiger partial charge < -0.3 is 15.2 Å². The van der Waals surface area contributed by atoms with Crippen molar-refractivity contribution in [1.29, 1.82) is 0 Å². The average molecular weight is 644 g/mol. The van der Waals surface area contributed by atoms with Gasteiger partial charge in [-0.3, -0.25) is 14.3 Å². The average Bonchev–Trinajstić information content (AvgIpc) is 3.43. The first kappa shape index (κ1) is 33.2. The molecule has 0 saturated heterocycles. The molecule has 5 rings (SSSR count). The number of methoxy groups -OCH3 is 1. The Hall–Kier alpha value is -5.12. The maximum atomic E-state index is 13.9. The second-order valence-corrected chi connectivity index (χ2v) is 11.5. The number of carboxylic acids is 1. The summed E-state index contributed by atoms with van der Waals surface area (Å²) in [5, 5.41) is 17.2. The number of carbonyl (C=O) groups excluding carboxylic acids is 1. The lowest BCUT2D eigenvalue weighted by Gasteiger charge is -2.20. The normalized spacial score (nSPS) is 12.2. The predicted molar refractivity (Wildman–Crippen MR) is 176 cm³/mol. The zero-order valence-corrected chi connectivity index (χ0v) is 26.4. The third kappa shape index (κ3) is 7.48. The van der Waals surface area contributed by atoms with Gasteiger partial charge in [0, 0.05) is 23.1 Å². The monoisotopic (exact) mass is 643 g/mol. The molecule has 0 spiro atoms. The van der Waals surface area contributed by atoms with Gasteiger partial charge in [0.1, 0.15) is 11.4 Å². The van der Waals surface area contributed by atoms with Crippen molar-refractivity contribution >= 4 is 22.8 Å². The third-order valence-electron chi connectivity index (χ3n) is 8.18. The molecule has 1 aromatic heterocycles. The summed E-state index contributed by atoms with van der Waals surface area (Å²) in [6.07, 6.45) is -2.29.